The third-order valence-electron chi connectivity index (χ3n) is 5.49. The van der Waals surface area contributed by atoms with Crippen molar-refractivity contribution in [3.63, 3.8) is 0 Å². The second kappa shape index (κ2) is 9.59. The van der Waals surface area contributed by atoms with Crippen LogP contribution in [0.1, 0.15) is 39.7 Å². The fourth-order valence-corrected chi connectivity index (χ4v) is 3.87. The van der Waals surface area contributed by atoms with Gasteiger partial charge in [-0.1, -0.05) is 6.92 Å². The molecule has 1 fully saturated rings. The van der Waals surface area contributed by atoms with E-state index in [-0.39, 0.29) is 6.09 Å². The average molecular weight is 463 g/mol. The standard InChI is InChI=1S/C25H30N6O3/c1-5-12-33-20-13-21(23-19(14-26)16-28-31(23)17-20)18-6-7-22(27-15-18)29-8-10-30(11-9-29)24(32)34-25(2,3)4/h6-7,13,15-17H,5,8-12H2,1-4H3. The van der Waals surface area contributed by atoms with E-state index in [0.717, 1.165) is 28.9 Å². The minimum atomic E-state index is -0.503. The molecule has 3 aromatic rings. The van der Waals surface area contributed by atoms with Gasteiger partial charge in [0.05, 0.1) is 30.1 Å². The largest absolute Gasteiger partial charge is 0.492 e. The molecule has 1 aliphatic heterocycles. The van der Waals surface area contributed by atoms with Crippen LogP contribution in [-0.2, 0) is 4.74 Å². The van der Waals surface area contributed by atoms with Gasteiger partial charge in [0.25, 0.3) is 0 Å². The van der Waals surface area contributed by atoms with E-state index in [1.165, 1.54) is 0 Å². The fourth-order valence-electron chi connectivity index (χ4n) is 3.87. The number of fused-ring (bicyclic) bond motifs is 1. The quantitative estimate of drug-likeness (QED) is 0.563. The van der Waals surface area contributed by atoms with Gasteiger partial charge in [-0.05, 0) is 45.4 Å². The summed E-state index contributed by atoms with van der Waals surface area (Å²) >= 11 is 0. The smallest absolute Gasteiger partial charge is 0.410 e. The van der Waals surface area contributed by atoms with Crippen LogP contribution in [0.5, 0.6) is 5.75 Å². The van der Waals surface area contributed by atoms with Crippen molar-refractivity contribution < 1.29 is 14.3 Å². The molecular weight excluding hydrogens is 432 g/mol. The molecule has 0 saturated carbocycles. The first-order chi connectivity index (χ1) is 16.3. The van der Waals surface area contributed by atoms with Crippen LogP contribution in [0.4, 0.5) is 10.6 Å². The predicted molar refractivity (Wildman–Crippen MR) is 129 cm³/mol. The Kier molecular flexibility index (Phi) is 6.59. The van der Waals surface area contributed by atoms with Gasteiger partial charge in [0.2, 0.25) is 0 Å². The molecule has 1 saturated heterocycles. The summed E-state index contributed by atoms with van der Waals surface area (Å²) in [5.41, 5.74) is 2.44. The minimum Gasteiger partial charge on any atom is -0.492 e. The van der Waals surface area contributed by atoms with E-state index >= 15 is 0 Å². The van der Waals surface area contributed by atoms with Crippen molar-refractivity contribution in [2.24, 2.45) is 0 Å². The van der Waals surface area contributed by atoms with Crippen molar-refractivity contribution in [2.45, 2.75) is 39.7 Å². The number of pyridine rings is 2. The maximum atomic E-state index is 12.3. The number of rotatable bonds is 5. The molecule has 1 amide bonds. The van der Waals surface area contributed by atoms with Gasteiger partial charge in [-0.15, -0.1) is 0 Å². The van der Waals surface area contributed by atoms with E-state index in [0.29, 0.717) is 44.1 Å². The van der Waals surface area contributed by atoms with Crippen LogP contribution in [0, 0.1) is 11.3 Å². The fraction of sp³-hybridized carbons (Fsp3) is 0.440. The van der Waals surface area contributed by atoms with Crippen LogP contribution >= 0.6 is 0 Å². The molecule has 4 heterocycles. The lowest BCUT2D eigenvalue weighted by molar-refractivity contribution is 0.0240. The molecule has 0 unspecified atom stereocenters. The summed E-state index contributed by atoms with van der Waals surface area (Å²) in [6, 6.07) is 8.12. The Bertz CT molecular complexity index is 1200. The van der Waals surface area contributed by atoms with Gasteiger partial charge in [0.1, 0.15) is 23.2 Å². The van der Waals surface area contributed by atoms with Crippen LogP contribution in [0.2, 0.25) is 0 Å². The predicted octanol–water partition coefficient (Wildman–Crippen LogP) is 4.11. The third kappa shape index (κ3) is 5.06. The van der Waals surface area contributed by atoms with E-state index in [2.05, 4.69) is 28.0 Å². The second-order valence-corrected chi connectivity index (χ2v) is 9.26. The molecule has 178 valence electrons. The van der Waals surface area contributed by atoms with Crippen LogP contribution in [0.3, 0.4) is 0 Å². The first kappa shape index (κ1) is 23.4. The topological polar surface area (TPSA) is 96.0 Å². The molecular formula is C25H30N6O3. The monoisotopic (exact) mass is 462 g/mol. The van der Waals surface area contributed by atoms with Crippen LogP contribution < -0.4 is 9.64 Å². The van der Waals surface area contributed by atoms with Gasteiger partial charge in [-0.25, -0.2) is 14.3 Å². The average Bonchev–Trinajstić information content (AvgIpc) is 3.24. The molecule has 0 spiro atoms. The van der Waals surface area contributed by atoms with Crippen LogP contribution in [-0.4, -0.2) is 64.0 Å². The molecule has 3 aromatic heterocycles. The lowest BCUT2D eigenvalue weighted by atomic mass is 10.1. The Morgan fingerprint density at radius 3 is 2.56 bits per heavy atom. The van der Waals surface area contributed by atoms with Crippen LogP contribution in [0.15, 0.2) is 36.8 Å². The minimum absolute atomic E-state index is 0.279. The Hall–Kier alpha value is -3.80. The van der Waals surface area contributed by atoms with Crippen molar-refractivity contribution in [3.05, 3.63) is 42.4 Å². The highest BCUT2D eigenvalue weighted by Crippen LogP contribution is 2.31. The molecule has 9 nitrogen and oxygen atoms in total. The lowest BCUT2D eigenvalue weighted by Crippen LogP contribution is -2.50. The molecule has 1 aliphatic rings. The zero-order valence-corrected chi connectivity index (χ0v) is 20.1. The van der Waals surface area contributed by atoms with Gasteiger partial charge >= 0.3 is 6.09 Å². The Morgan fingerprint density at radius 2 is 1.94 bits per heavy atom. The van der Waals surface area contributed by atoms with E-state index in [1.807, 2.05) is 45.2 Å². The van der Waals surface area contributed by atoms with Crippen molar-refractivity contribution >= 4 is 17.4 Å². The summed E-state index contributed by atoms with van der Waals surface area (Å²) < 4.78 is 13.0. The third-order valence-corrected chi connectivity index (χ3v) is 5.49. The summed E-state index contributed by atoms with van der Waals surface area (Å²) in [5, 5.41) is 13.9. The van der Waals surface area contributed by atoms with Crippen LogP contribution in [0.25, 0.3) is 16.6 Å². The Morgan fingerprint density at radius 1 is 1.18 bits per heavy atom. The number of aromatic nitrogens is 3. The number of amides is 1. The lowest BCUT2D eigenvalue weighted by Gasteiger charge is -2.36. The SMILES string of the molecule is CCCOc1cc(-c2ccc(N3CCN(C(=O)OC(C)(C)C)CC3)nc2)c2c(C#N)cnn2c1. The maximum absolute atomic E-state index is 12.3. The van der Waals surface area contributed by atoms with Gasteiger partial charge < -0.3 is 19.3 Å². The second-order valence-electron chi connectivity index (χ2n) is 9.26. The number of carbonyl (C=O) groups excluding carboxylic acids is 1. The molecule has 9 heteroatoms. The van der Waals surface area contributed by atoms with Crippen molar-refractivity contribution in [3.8, 4) is 22.9 Å². The van der Waals surface area contributed by atoms with Gasteiger partial charge in [-0.3, -0.25) is 0 Å². The van der Waals surface area contributed by atoms with Crippen molar-refractivity contribution in [1.29, 1.82) is 5.26 Å². The number of hydrogen-bond donors (Lipinski definition) is 0. The molecule has 34 heavy (non-hydrogen) atoms. The van der Waals surface area contributed by atoms with Crippen molar-refractivity contribution in [1.82, 2.24) is 19.5 Å². The normalized spacial score (nSPS) is 14.2. The zero-order valence-electron chi connectivity index (χ0n) is 20.1. The van der Waals surface area contributed by atoms with Crippen molar-refractivity contribution in [2.75, 3.05) is 37.7 Å². The van der Waals surface area contributed by atoms with E-state index in [9.17, 15) is 10.1 Å². The number of piperazine rings is 1. The Balaban J connectivity index is 1.53. The number of nitrogens with zero attached hydrogens (tertiary/aromatic N) is 6. The number of nitriles is 1. The van der Waals surface area contributed by atoms with Gasteiger partial charge in [0.15, 0.2) is 0 Å². The summed E-state index contributed by atoms with van der Waals surface area (Å²) in [4.78, 5) is 20.9. The maximum Gasteiger partial charge on any atom is 0.410 e. The first-order valence-electron chi connectivity index (χ1n) is 11.5. The zero-order chi connectivity index (χ0) is 24.3. The molecule has 0 atom stereocenters. The van der Waals surface area contributed by atoms with Gasteiger partial charge in [-0.2, -0.15) is 10.4 Å². The first-order valence-corrected chi connectivity index (χ1v) is 11.5. The Labute approximate surface area is 199 Å². The molecule has 0 aromatic carbocycles. The summed E-state index contributed by atoms with van der Waals surface area (Å²) in [7, 11) is 0. The molecule has 0 radical (unpaired) electrons. The highest BCUT2D eigenvalue weighted by atomic mass is 16.6. The number of hydrogen-bond acceptors (Lipinski definition) is 7. The highest BCUT2D eigenvalue weighted by Gasteiger charge is 2.26. The number of carbonyl (C=O) groups is 1. The summed E-state index contributed by atoms with van der Waals surface area (Å²) in [6.45, 7) is 10.8. The van der Waals surface area contributed by atoms with E-state index in [1.54, 1.807) is 21.8 Å². The molecule has 0 aliphatic carbocycles. The number of anilines is 1. The highest BCUT2D eigenvalue weighted by molar-refractivity contribution is 5.85. The van der Waals surface area contributed by atoms with E-state index < -0.39 is 5.60 Å². The molecule has 0 bridgehead atoms. The summed E-state index contributed by atoms with van der Waals surface area (Å²) in [5.74, 6) is 1.54. The van der Waals surface area contributed by atoms with E-state index in [4.69, 9.17) is 9.47 Å². The molecule has 0 N–H and O–H groups in total. The van der Waals surface area contributed by atoms with Gasteiger partial charge in [0, 0.05) is 43.5 Å². The summed E-state index contributed by atoms with van der Waals surface area (Å²) in [6.07, 6.45) is 5.78. The number of ether oxygens (including phenoxy) is 2. The molecule has 4 rings (SSSR count).